The summed E-state index contributed by atoms with van der Waals surface area (Å²) in [7, 11) is -4.64. The van der Waals surface area contributed by atoms with Gasteiger partial charge in [-0.05, 0) is 89.8 Å². The van der Waals surface area contributed by atoms with E-state index in [4.69, 9.17) is 4.52 Å². The summed E-state index contributed by atoms with van der Waals surface area (Å²) >= 11 is 0. The Bertz CT molecular complexity index is 1230. The van der Waals surface area contributed by atoms with Gasteiger partial charge in [0, 0.05) is 17.8 Å². The van der Waals surface area contributed by atoms with Crippen molar-refractivity contribution in [2.75, 3.05) is 6.61 Å². The summed E-state index contributed by atoms with van der Waals surface area (Å²) in [5, 5.41) is 9.89. The minimum Gasteiger partial charge on any atom is -0.303 e. The molecule has 0 aromatic carbocycles. The summed E-state index contributed by atoms with van der Waals surface area (Å²) in [4.78, 5) is 46.9. The van der Waals surface area contributed by atoms with E-state index in [1.807, 2.05) is 19.9 Å². The summed E-state index contributed by atoms with van der Waals surface area (Å²) in [6.45, 7) is 15.3. The van der Waals surface area contributed by atoms with E-state index in [2.05, 4.69) is 40.7 Å². The van der Waals surface area contributed by atoms with Gasteiger partial charge in [-0.2, -0.15) is 5.26 Å². The Balaban J connectivity index is 1.60. The van der Waals surface area contributed by atoms with Crippen molar-refractivity contribution in [2.24, 2.45) is 56.2 Å². The molecule has 0 aromatic rings. The second kappa shape index (κ2) is 8.60. The molecule has 4 saturated carbocycles. The standard InChI is InChI=1S/C31H46NO6P/c1-26(2)10-12-31(18-38-39(35,36)37)13-11-30(7)24(20(31)16-26)21(33)14-23-28(5)15-19(17-32)25(34)27(3,4)22(28)8-9-29(23,30)6/h15,20,22-24H,8-14,16,18H2,1-7H3,(H2,35,36,37)/t20-,22+,23-,24+,28+,29-,30-,31-/m1/s1. The number of Topliss-reactive ketones (excluding diaryl/α,β-unsaturated/α-hetero) is 2. The molecule has 0 aromatic heterocycles. The molecule has 4 fully saturated rings. The first-order valence-corrected chi connectivity index (χ1v) is 16.2. The van der Waals surface area contributed by atoms with Gasteiger partial charge in [0.2, 0.25) is 0 Å². The van der Waals surface area contributed by atoms with Gasteiger partial charge in [-0.15, -0.1) is 0 Å². The Morgan fingerprint density at radius 3 is 2.23 bits per heavy atom. The summed E-state index contributed by atoms with van der Waals surface area (Å²) in [6, 6.07) is 2.18. The Morgan fingerprint density at radius 1 is 0.974 bits per heavy atom. The Labute approximate surface area is 233 Å². The van der Waals surface area contributed by atoms with Crippen LogP contribution in [0.1, 0.15) is 99.8 Å². The first-order chi connectivity index (χ1) is 17.8. The number of phosphoric acid groups is 1. The van der Waals surface area contributed by atoms with Gasteiger partial charge in [0.1, 0.15) is 11.9 Å². The molecule has 0 heterocycles. The van der Waals surface area contributed by atoms with Gasteiger partial charge in [-0.25, -0.2) is 4.57 Å². The highest BCUT2D eigenvalue weighted by atomic mass is 31.2. The average molecular weight is 560 g/mol. The SMILES string of the molecule is CC1(C)CC[C@]2(COP(=O)(O)O)CC[C@]3(C)[C@H](C(=O)C[C@@H]4[C@@]5(C)C=C(C#N)C(=O)C(C)(C)[C@@H]5CC[C@]43C)[C@H]2C1. The molecule has 2 N–H and O–H groups in total. The van der Waals surface area contributed by atoms with Crippen LogP contribution in [-0.2, 0) is 18.7 Å². The van der Waals surface area contributed by atoms with Crippen molar-refractivity contribution >= 4 is 19.4 Å². The van der Waals surface area contributed by atoms with Crippen LogP contribution in [0.2, 0.25) is 0 Å². The van der Waals surface area contributed by atoms with Gasteiger partial charge >= 0.3 is 7.82 Å². The van der Waals surface area contributed by atoms with Gasteiger partial charge in [-0.1, -0.05) is 54.5 Å². The van der Waals surface area contributed by atoms with Crippen molar-refractivity contribution in [1.29, 1.82) is 5.26 Å². The normalized spacial score (nSPS) is 46.6. The summed E-state index contributed by atoms with van der Waals surface area (Å²) in [5.41, 5.74) is -1.73. The van der Waals surface area contributed by atoms with Crippen LogP contribution >= 0.6 is 7.82 Å². The number of ketones is 2. The molecule has 0 aliphatic heterocycles. The van der Waals surface area contributed by atoms with E-state index in [1.165, 1.54) is 0 Å². The lowest BCUT2D eigenvalue weighted by Gasteiger charge is -2.72. The summed E-state index contributed by atoms with van der Waals surface area (Å²) in [5.74, 6) is 0.0325. The first kappa shape index (κ1) is 29.2. The second-order valence-corrected chi connectivity index (χ2v) is 17.1. The number of hydrogen-bond acceptors (Lipinski definition) is 5. The molecule has 0 radical (unpaired) electrons. The van der Waals surface area contributed by atoms with E-state index in [0.29, 0.717) is 6.42 Å². The van der Waals surface area contributed by atoms with Crippen LogP contribution in [0.4, 0.5) is 0 Å². The molecule has 8 heteroatoms. The zero-order chi connectivity index (χ0) is 29.0. The second-order valence-electron chi connectivity index (χ2n) is 15.8. The van der Waals surface area contributed by atoms with Gasteiger partial charge in [-0.3, -0.25) is 14.1 Å². The maximum absolute atomic E-state index is 14.5. The molecular formula is C31H46NO6P. The number of nitrogens with zero attached hydrogens (tertiary/aromatic N) is 1. The molecule has 0 amide bonds. The summed E-state index contributed by atoms with van der Waals surface area (Å²) < 4.78 is 17.0. The highest BCUT2D eigenvalue weighted by Gasteiger charge is 2.72. The van der Waals surface area contributed by atoms with Gasteiger partial charge in [0.25, 0.3) is 0 Å². The van der Waals surface area contributed by atoms with E-state index >= 15 is 0 Å². The van der Waals surface area contributed by atoms with Crippen LogP contribution in [0.3, 0.4) is 0 Å². The largest absolute Gasteiger partial charge is 0.469 e. The van der Waals surface area contributed by atoms with E-state index in [-0.39, 0.29) is 63.7 Å². The monoisotopic (exact) mass is 559 g/mol. The lowest BCUT2D eigenvalue weighted by molar-refractivity contribution is -0.225. The maximum atomic E-state index is 14.5. The molecule has 0 bridgehead atoms. The summed E-state index contributed by atoms with van der Waals surface area (Å²) in [6.07, 6.45) is 8.29. The minimum absolute atomic E-state index is 0.00283. The number of phosphoric ester groups is 1. The van der Waals surface area contributed by atoms with Gasteiger partial charge in [0.05, 0.1) is 12.2 Å². The number of carbonyl (C=O) groups excluding carboxylic acids is 2. The van der Waals surface area contributed by atoms with Crippen LogP contribution in [0.25, 0.3) is 0 Å². The van der Waals surface area contributed by atoms with Crippen molar-refractivity contribution in [2.45, 2.75) is 99.8 Å². The van der Waals surface area contributed by atoms with Crippen LogP contribution in [0.5, 0.6) is 0 Å². The van der Waals surface area contributed by atoms with Crippen molar-refractivity contribution in [3.05, 3.63) is 11.6 Å². The molecule has 5 aliphatic carbocycles. The fraction of sp³-hybridized carbons (Fsp3) is 0.839. The lowest BCUT2D eigenvalue weighted by Crippen LogP contribution is -2.69. The number of fused-ring (bicyclic) bond motifs is 7. The third kappa shape index (κ3) is 4.03. The molecule has 0 spiro atoms. The fourth-order valence-corrected chi connectivity index (χ4v) is 11.3. The number of carbonyl (C=O) groups is 2. The topological polar surface area (TPSA) is 125 Å². The smallest absolute Gasteiger partial charge is 0.303 e. The lowest BCUT2D eigenvalue weighted by atomic mass is 9.31. The third-order valence-corrected chi connectivity index (χ3v) is 13.6. The fourth-order valence-electron chi connectivity index (χ4n) is 10.9. The van der Waals surface area contributed by atoms with Crippen molar-refractivity contribution < 1.29 is 28.5 Å². The van der Waals surface area contributed by atoms with Crippen LogP contribution in [0.15, 0.2) is 11.6 Å². The number of nitriles is 1. The zero-order valence-electron chi connectivity index (χ0n) is 24.7. The van der Waals surface area contributed by atoms with Crippen LogP contribution < -0.4 is 0 Å². The zero-order valence-corrected chi connectivity index (χ0v) is 25.6. The number of hydrogen-bond donors (Lipinski definition) is 2. The van der Waals surface area contributed by atoms with Gasteiger partial charge < -0.3 is 9.79 Å². The molecule has 7 nitrogen and oxygen atoms in total. The molecule has 216 valence electrons. The molecule has 39 heavy (non-hydrogen) atoms. The minimum atomic E-state index is -4.64. The number of rotatable bonds is 3. The Morgan fingerprint density at radius 2 is 1.62 bits per heavy atom. The van der Waals surface area contributed by atoms with Crippen LogP contribution in [0, 0.1) is 67.5 Å². The van der Waals surface area contributed by atoms with E-state index in [1.54, 1.807) is 0 Å². The predicted octanol–water partition coefficient (Wildman–Crippen LogP) is 6.40. The van der Waals surface area contributed by atoms with Gasteiger partial charge in [0.15, 0.2) is 5.78 Å². The number of allylic oxidation sites excluding steroid dienone is 2. The highest BCUT2D eigenvalue weighted by molar-refractivity contribution is 7.46. The van der Waals surface area contributed by atoms with E-state index in [0.717, 1.165) is 44.9 Å². The molecule has 8 atom stereocenters. The van der Waals surface area contributed by atoms with Crippen LogP contribution in [-0.4, -0.2) is 28.0 Å². The third-order valence-electron chi connectivity index (χ3n) is 13.2. The highest BCUT2D eigenvalue weighted by Crippen LogP contribution is 2.76. The molecule has 5 aliphatic rings. The molecule has 5 rings (SSSR count). The Hall–Kier alpha value is -1.32. The predicted molar refractivity (Wildman–Crippen MR) is 147 cm³/mol. The van der Waals surface area contributed by atoms with E-state index in [9.17, 15) is 29.2 Å². The first-order valence-electron chi connectivity index (χ1n) is 14.7. The van der Waals surface area contributed by atoms with Crippen molar-refractivity contribution in [3.63, 3.8) is 0 Å². The average Bonchev–Trinajstić information content (AvgIpc) is 2.81. The molecule has 0 unspecified atom stereocenters. The molecular weight excluding hydrogens is 513 g/mol. The van der Waals surface area contributed by atoms with E-state index < -0.39 is 24.1 Å². The molecule has 0 saturated heterocycles. The quantitative estimate of drug-likeness (QED) is 0.384. The maximum Gasteiger partial charge on any atom is 0.469 e. The van der Waals surface area contributed by atoms with Crippen molar-refractivity contribution in [1.82, 2.24) is 0 Å². The Kier molecular flexibility index (Phi) is 6.44. The van der Waals surface area contributed by atoms with Crippen molar-refractivity contribution in [3.8, 4) is 6.07 Å².